The third kappa shape index (κ3) is 6.06. The first-order valence-corrected chi connectivity index (χ1v) is 14.7. The first-order valence-electron chi connectivity index (χ1n) is 14.7. The average Bonchev–Trinajstić information content (AvgIpc) is 3.11. The molecule has 2 aliphatic heterocycles. The number of aromatic nitrogens is 1. The molecule has 0 N–H and O–H groups in total. The van der Waals surface area contributed by atoms with E-state index < -0.39 is 5.41 Å². The number of likely N-dealkylation sites (N-methyl/N-ethyl adjacent to an activating group) is 3. The van der Waals surface area contributed by atoms with Crippen molar-refractivity contribution in [3.05, 3.63) is 102 Å². The molecule has 212 valence electrons. The van der Waals surface area contributed by atoms with Crippen molar-refractivity contribution >= 4 is 5.78 Å². The van der Waals surface area contributed by atoms with Gasteiger partial charge < -0.3 is 9.80 Å². The SMILES string of the molecule is CCN(CC1(c2ccccc2)CN(Cc2ccccn2)CC(c2ccccc2)C1=O)C1(C)CN(C)CCN(C)C1. The maximum Gasteiger partial charge on any atom is 0.154 e. The zero-order valence-corrected chi connectivity index (χ0v) is 24.7. The highest BCUT2D eigenvalue weighted by Crippen LogP contribution is 2.40. The van der Waals surface area contributed by atoms with Crippen LogP contribution in [0.15, 0.2) is 85.1 Å². The molecule has 40 heavy (non-hydrogen) atoms. The number of piperidine rings is 1. The van der Waals surface area contributed by atoms with E-state index in [0.29, 0.717) is 25.4 Å². The number of hydrogen-bond donors (Lipinski definition) is 0. The second-order valence-electron chi connectivity index (χ2n) is 12.3. The van der Waals surface area contributed by atoms with E-state index >= 15 is 0 Å². The van der Waals surface area contributed by atoms with Crippen molar-refractivity contribution in [3.8, 4) is 0 Å². The fourth-order valence-corrected chi connectivity index (χ4v) is 7.11. The van der Waals surface area contributed by atoms with Crippen LogP contribution in [-0.2, 0) is 16.8 Å². The van der Waals surface area contributed by atoms with Crippen LogP contribution in [-0.4, -0.2) is 102 Å². The van der Waals surface area contributed by atoms with Crippen molar-refractivity contribution in [2.75, 3.05) is 66.5 Å². The van der Waals surface area contributed by atoms with Gasteiger partial charge >= 0.3 is 0 Å². The summed E-state index contributed by atoms with van der Waals surface area (Å²) in [4.78, 5) is 29.6. The number of pyridine rings is 1. The number of benzene rings is 2. The molecule has 0 bridgehead atoms. The molecule has 0 amide bonds. The molecule has 3 heterocycles. The Morgan fingerprint density at radius 3 is 2.10 bits per heavy atom. The van der Waals surface area contributed by atoms with Gasteiger partial charge in [-0.1, -0.05) is 73.7 Å². The molecule has 2 unspecified atom stereocenters. The Kier molecular flexibility index (Phi) is 8.81. The molecule has 5 rings (SSSR count). The number of ketones is 1. The molecule has 6 nitrogen and oxygen atoms in total. The summed E-state index contributed by atoms with van der Waals surface area (Å²) in [5, 5.41) is 0. The van der Waals surface area contributed by atoms with E-state index in [1.165, 1.54) is 0 Å². The van der Waals surface area contributed by atoms with Crippen LogP contribution in [0.1, 0.15) is 36.6 Å². The third-order valence-electron chi connectivity index (χ3n) is 9.05. The minimum absolute atomic E-state index is 0.0810. The number of carbonyl (C=O) groups is 1. The van der Waals surface area contributed by atoms with Crippen molar-refractivity contribution in [3.63, 3.8) is 0 Å². The quantitative estimate of drug-likeness (QED) is 0.429. The zero-order valence-electron chi connectivity index (χ0n) is 24.7. The number of carbonyl (C=O) groups excluding carboxylic acids is 1. The average molecular weight is 540 g/mol. The van der Waals surface area contributed by atoms with E-state index in [9.17, 15) is 4.79 Å². The summed E-state index contributed by atoms with van der Waals surface area (Å²) in [5.74, 6) is 0.129. The van der Waals surface area contributed by atoms with Crippen molar-refractivity contribution in [1.29, 1.82) is 0 Å². The first-order chi connectivity index (χ1) is 19.3. The van der Waals surface area contributed by atoms with Gasteiger partial charge in [0.25, 0.3) is 0 Å². The highest BCUT2D eigenvalue weighted by Gasteiger charge is 2.51. The number of nitrogens with zero attached hydrogens (tertiary/aromatic N) is 5. The largest absolute Gasteiger partial charge is 0.303 e. The van der Waals surface area contributed by atoms with Crippen molar-refractivity contribution < 1.29 is 4.79 Å². The van der Waals surface area contributed by atoms with Gasteiger partial charge in [-0.3, -0.25) is 19.6 Å². The number of hydrogen-bond acceptors (Lipinski definition) is 6. The van der Waals surface area contributed by atoms with Crippen LogP contribution >= 0.6 is 0 Å². The minimum Gasteiger partial charge on any atom is -0.303 e. The second kappa shape index (κ2) is 12.3. The summed E-state index contributed by atoms with van der Waals surface area (Å²) < 4.78 is 0. The zero-order chi connectivity index (χ0) is 28.2. The van der Waals surface area contributed by atoms with Crippen LogP contribution < -0.4 is 0 Å². The Balaban J connectivity index is 1.60. The topological polar surface area (TPSA) is 42.9 Å². The van der Waals surface area contributed by atoms with Gasteiger partial charge in [0, 0.05) is 64.1 Å². The maximum absolute atomic E-state index is 15.0. The number of likely N-dealkylation sites (tertiary alicyclic amines) is 1. The standard InChI is InChI=1S/C34H45N5O/c1-5-39(33(2)24-36(3)20-21-37(4)25-33)27-34(29-16-10-7-11-17-29)26-38(22-30-18-12-13-19-35-30)23-31(32(34)40)28-14-8-6-9-15-28/h6-19,31H,5,20-27H2,1-4H3. The fourth-order valence-electron chi connectivity index (χ4n) is 7.11. The molecular formula is C34H45N5O. The van der Waals surface area contributed by atoms with Crippen LogP contribution in [0.4, 0.5) is 0 Å². The molecule has 2 aromatic carbocycles. The summed E-state index contributed by atoms with van der Waals surface area (Å²) >= 11 is 0. The Hall–Kier alpha value is -2.90. The van der Waals surface area contributed by atoms with E-state index in [4.69, 9.17) is 0 Å². The summed E-state index contributed by atoms with van der Waals surface area (Å²) in [6, 6.07) is 27.1. The van der Waals surface area contributed by atoms with Gasteiger partial charge in [0.15, 0.2) is 5.78 Å². The normalized spacial score (nSPS) is 24.7. The van der Waals surface area contributed by atoms with Gasteiger partial charge in [0.2, 0.25) is 0 Å². The van der Waals surface area contributed by atoms with E-state index in [1.807, 2.05) is 18.3 Å². The molecule has 2 atom stereocenters. The first kappa shape index (κ1) is 28.6. The van der Waals surface area contributed by atoms with Gasteiger partial charge in [0.1, 0.15) is 0 Å². The maximum atomic E-state index is 15.0. The van der Waals surface area contributed by atoms with Gasteiger partial charge in [-0.15, -0.1) is 0 Å². The van der Waals surface area contributed by atoms with Crippen LogP contribution in [0, 0.1) is 0 Å². The van der Waals surface area contributed by atoms with Crippen molar-refractivity contribution in [1.82, 2.24) is 24.6 Å². The molecular weight excluding hydrogens is 494 g/mol. The Labute approximate surface area is 240 Å². The molecule has 0 spiro atoms. The van der Waals surface area contributed by atoms with Crippen molar-refractivity contribution in [2.24, 2.45) is 0 Å². The lowest BCUT2D eigenvalue weighted by Gasteiger charge is -2.51. The van der Waals surface area contributed by atoms with Crippen LogP contribution in [0.2, 0.25) is 0 Å². The van der Waals surface area contributed by atoms with E-state index in [2.05, 4.69) is 119 Å². The molecule has 0 radical (unpaired) electrons. The van der Waals surface area contributed by atoms with Gasteiger partial charge in [-0.05, 0) is 50.8 Å². The monoisotopic (exact) mass is 539 g/mol. The van der Waals surface area contributed by atoms with Gasteiger partial charge in [0.05, 0.1) is 17.0 Å². The third-order valence-corrected chi connectivity index (χ3v) is 9.05. The van der Waals surface area contributed by atoms with Crippen molar-refractivity contribution in [2.45, 2.75) is 37.3 Å². The summed E-state index contributed by atoms with van der Waals surface area (Å²) in [6.07, 6.45) is 1.86. The smallest absolute Gasteiger partial charge is 0.154 e. The molecule has 1 aromatic heterocycles. The highest BCUT2D eigenvalue weighted by molar-refractivity contribution is 5.97. The fraction of sp³-hybridized carbons (Fsp3) is 0.471. The van der Waals surface area contributed by atoms with Crippen LogP contribution in [0.3, 0.4) is 0 Å². The van der Waals surface area contributed by atoms with Crippen LogP contribution in [0.5, 0.6) is 0 Å². The minimum atomic E-state index is -0.669. The van der Waals surface area contributed by atoms with Crippen LogP contribution in [0.25, 0.3) is 0 Å². The Morgan fingerprint density at radius 1 is 0.875 bits per heavy atom. The highest BCUT2D eigenvalue weighted by atomic mass is 16.1. The summed E-state index contributed by atoms with van der Waals surface area (Å²) in [5.41, 5.74) is 2.50. The molecule has 6 heteroatoms. The predicted molar refractivity (Wildman–Crippen MR) is 162 cm³/mol. The molecule has 3 aromatic rings. The molecule has 2 fully saturated rings. The molecule has 2 aliphatic rings. The Morgan fingerprint density at radius 2 is 1.50 bits per heavy atom. The second-order valence-corrected chi connectivity index (χ2v) is 12.3. The molecule has 2 saturated heterocycles. The van der Waals surface area contributed by atoms with E-state index in [0.717, 1.165) is 56.1 Å². The van der Waals surface area contributed by atoms with E-state index in [1.54, 1.807) is 0 Å². The Bertz CT molecular complexity index is 1220. The lowest BCUT2D eigenvalue weighted by Crippen LogP contribution is -2.65. The lowest BCUT2D eigenvalue weighted by molar-refractivity contribution is -0.133. The molecule has 0 aliphatic carbocycles. The predicted octanol–water partition coefficient (Wildman–Crippen LogP) is 4.15. The van der Waals surface area contributed by atoms with Gasteiger partial charge in [-0.2, -0.15) is 0 Å². The number of rotatable bonds is 8. The van der Waals surface area contributed by atoms with Gasteiger partial charge in [-0.25, -0.2) is 0 Å². The summed E-state index contributed by atoms with van der Waals surface area (Å²) in [7, 11) is 4.45. The summed E-state index contributed by atoms with van der Waals surface area (Å²) in [6.45, 7) is 12.4. The molecule has 0 saturated carbocycles. The lowest BCUT2D eigenvalue weighted by atomic mass is 9.67. The number of Topliss-reactive ketones (excluding diaryl/α,β-unsaturated/α-hetero) is 1. The van der Waals surface area contributed by atoms with E-state index in [-0.39, 0.29) is 11.5 Å².